The van der Waals surface area contributed by atoms with E-state index in [4.69, 9.17) is 9.47 Å². The van der Waals surface area contributed by atoms with Gasteiger partial charge in [0.15, 0.2) is 11.5 Å². The topological polar surface area (TPSA) is 88.7 Å². The molecular formula is C18H19N3O4. The number of fused-ring (bicyclic) bond motifs is 1. The number of hydrogen-bond acceptors (Lipinski definition) is 5. The molecule has 0 aliphatic carbocycles. The zero-order valence-corrected chi connectivity index (χ0v) is 14.0. The van der Waals surface area contributed by atoms with Gasteiger partial charge in [0.2, 0.25) is 5.91 Å². The zero-order chi connectivity index (χ0) is 17.8. The maximum absolute atomic E-state index is 12.4. The van der Waals surface area contributed by atoms with Gasteiger partial charge < -0.3 is 25.4 Å². The average molecular weight is 341 g/mol. The number of nitrogens with one attached hydrogen (secondary N) is 3. The first-order chi connectivity index (χ1) is 12.1. The monoisotopic (exact) mass is 341 g/mol. The fraction of sp³-hybridized carbons (Fsp3) is 0.222. The molecule has 7 nitrogen and oxygen atoms in total. The van der Waals surface area contributed by atoms with E-state index in [1.165, 1.54) is 0 Å². The SMILES string of the molecule is COc1ccc(CNC(=O)c2ccc3c(c2)NCC(=O)N3)cc1OC. The Morgan fingerprint density at radius 3 is 2.64 bits per heavy atom. The van der Waals surface area contributed by atoms with Gasteiger partial charge in [0.25, 0.3) is 5.91 Å². The van der Waals surface area contributed by atoms with Gasteiger partial charge in [0.05, 0.1) is 32.1 Å². The first kappa shape index (κ1) is 16.6. The van der Waals surface area contributed by atoms with Crippen molar-refractivity contribution >= 4 is 23.2 Å². The van der Waals surface area contributed by atoms with Crippen molar-refractivity contribution in [3.05, 3.63) is 47.5 Å². The predicted molar refractivity (Wildman–Crippen MR) is 94.3 cm³/mol. The first-order valence-electron chi connectivity index (χ1n) is 7.77. The van der Waals surface area contributed by atoms with Crippen LogP contribution in [0.4, 0.5) is 11.4 Å². The lowest BCUT2D eigenvalue weighted by Gasteiger charge is -2.19. The van der Waals surface area contributed by atoms with Crippen LogP contribution in [0.15, 0.2) is 36.4 Å². The summed E-state index contributed by atoms with van der Waals surface area (Å²) in [7, 11) is 3.14. The second kappa shape index (κ2) is 7.12. The number of hydrogen-bond donors (Lipinski definition) is 3. The van der Waals surface area contributed by atoms with Crippen LogP contribution in [0.1, 0.15) is 15.9 Å². The van der Waals surface area contributed by atoms with E-state index in [2.05, 4.69) is 16.0 Å². The molecule has 25 heavy (non-hydrogen) atoms. The van der Waals surface area contributed by atoms with Gasteiger partial charge in [-0.25, -0.2) is 0 Å². The van der Waals surface area contributed by atoms with Crippen LogP contribution >= 0.6 is 0 Å². The van der Waals surface area contributed by atoms with Crippen LogP contribution in [-0.4, -0.2) is 32.6 Å². The minimum absolute atomic E-state index is 0.0989. The highest BCUT2D eigenvalue weighted by Crippen LogP contribution is 2.28. The van der Waals surface area contributed by atoms with E-state index in [1.807, 2.05) is 12.1 Å². The average Bonchev–Trinajstić information content (AvgIpc) is 2.65. The number of anilines is 2. The van der Waals surface area contributed by atoms with Gasteiger partial charge in [-0.2, -0.15) is 0 Å². The highest BCUT2D eigenvalue weighted by Gasteiger charge is 2.16. The van der Waals surface area contributed by atoms with Gasteiger partial charge >= 0.3 is 0 Å². The molecule has 0 bridgehead atoms. The standard InChI is InChI=1S/C18H19N3O4/c1-24-15-6-3-11(7-16(15)25-2)9-20-18(23)12-4-5-13-14(8-12)19-10-17(22)21-13/h3-8,19H,9-10H2,1-2H3,(H,20,23)(H,21,22). The second-order valence-electron chi connectivity index (χ2n) is 5.53. The van der Waals surface area contributed by atoms with Crippen molar-refractivity contribution in [1.29, 1.82) is 0 Å². The Kier molecular flexibility index (Phi) is 4.74. The van der Waals surface area contributed by atoms with Crippen molar-refractivity contribution in [2.24, 2.45) is 0 Å². The Morgan fingerprint density at radius 1 is 1.08 bits per heavy atom. The van der Waals surface area contributed by atoms with Gasteiger partial charge in [-0.1, -0.05) is 6.07 Å². The molecule has 3 N–H and O–H groups in total. The van der Waals surface area contributed by atoms with Crippen LogP contribution in [0.3, 0.4) is 0 Å². The fourth-order valence-electron chi connectivity index (χ4n) is 2.59. The lowest BCUT2D eigenvalue weighted by atomic mass is 10.1. The van der Waals surface area contributed by atoms with Crippen molar-refractivity contribution in [3.63, 3.8) is 0 Å². The van der Waals surface area contributed by atoms with Crippen LogP contribution in [0, 0.1) is 0 Å². The van der Waals surface area contributed by atoms with E-state index in [9.17, 15) is 9.59 Å². The maximum atomic E-state index is 12.4. The molecule has 130 valence electrons. The van der Waals surface area contributed by atoms with E-state index < -0.39 is 0 Å². The zero-order valence-electron chi connectivity index (χ0n) is 14.0. The Hall–Kier alpha value is -3.22. The molecule has 0 saturated carbocycles. The van der Waals surface area contributed by atoms with Gasteiger partial charge in [0.1, 0.15) is 0 Å². The maximum Gasteiger partial charge on any atom is 0.251 e. The first-order valence-corrected chi connectivity index (χ1v) is 7.77. The number of carbonyl (C=O) groups is 2. The molecule has 0 spiro atoms. The number of methoxy groups -OCH3 is 2. The molecule has 2 aromatic rings. The largest absolute Gasteiger partial charge is 0.493 e. The molecule has 1 aliphatic heterocycles. The quantitative estimate of drug-likeness (QED) is 0.774. The smallest absolute Gasteiger partial charge is 0.251 e. The van der Waals surface area contributed by atoms with E-state index in [-0.39, 0.29) is 18.4 Å². The molecular weight excluding hydrogens is 322 g/mol. The Bertz CT molecular complexity index is 820. The normalized spacial score (nSPS) is 12.5. The highest BCUT2D eigenvalue weighted by molar-refractivity contribution is 6.03. The summed E-state index contributed by atoms with van der Waals surface area (Å²) in [6.45, 7) is 0.560. The minimum atomic E-state index is -0.198. The summed E-state index contributed by atoms with van der Waals surface area (Å²) in [5, 5.41) is 8.60. The van der Waals surface area contributed by atoms with Crippen LogP contribution in [0.25, 0.3) is 0 Å². The van der Waals surface area contributed by atoms with Crippen LogP contribution in [0.5, 0.6) is 11.5 Å². The molecule has 2 aromatic carbocycles. The fourth-order valence-corrected chi connectivity index (χ4v) is 2.59. The molecule has 0 saturated heterocycles. The molecule has 7 heteroatoms. The van der Waals surface area contributed by atoms with E-state index in [0.29, 0.717) is 29.3 Å². The third kappa shape index (κ3) is 3.65. The third-order valence-corrected chi connectivity index (χ3v) is 3.90. The van der Waals surface area contributed by atoms with E-state index >= 15 is 0 Å². The van der Waals surface area contributed by atoms with Gasteiger partial charge in [0, 0.05) is 12.1 Å². The molecule has 0 atom stereocenters. The summed E-state index contributed by atoms with van der Waals surface area (Å²) in [6, 6.07) is 10.6. The van der Waals surface area contributed by atoms with Gasteiger partial charge in [-0.3, -0.25) is 9.59 Å². The second-order valence-corrected chi connectivity index (χ2v) is 5.53. The Labute approximate surface area is 145 Å². The summed E-state index contributed by atoms with van der Waals surface area (Å²) in [5.41, 5.74) is 2.82. The van der Waals surface area contributed by atoms with Crippen LogP contribution in [-0.2, 0) is 11.3 Å². The molecule has 0 unspecified atom stereocenters. The van der Waals surface area contributed by atoms with Gasteiger partial charge in [-0.05, 0) is 35.9 Å². The van der Waals surface area contributed by atoms with Crippen LogP contribution < -0.4 is 25.4 Å². The number of rotatable bonds is 5. The Morgan fingerprint density at radius 2 is 1.88 bits per heavy atom. The summed E-state index contributed by atoms with van der Waals surface area (Å²) in [6.07, 6.45) is 0. The number of benzene rings is 2. The summed E-state index contributed by atoms with van der Waals surface area (Å²) in [5.74, 6) is 0.956. The number of ether oxygens (including phenoxy) is 2. The predicted octanol–water partition coefficient (Wildman–Crippen LogP) is 2.00. The van der Waals surface area contributed by atoms with Crippen molar-refractivity contribution in [3.8, 4) is 11.5 Å². The lowest BCUT2D eigenvalue weighted by Crippen LogP contribution is -2.28. The molecule has 0 aromatic heterocycles. The van der Waals surface area contributed by atoms with Gasteiger partial charge in [-0.15, -0.1) is 0 Å². The lowest BCUT2D eigenvalue weighted by molar-refractivity contribution is -0.114. The van der Waals surface area contributed by atoms with Crippen molar-refractivity contribution in [1.82, 2.24) is 5.32 Å². The third-order valence-electron chi connectivity index (χ3n) is 3.90. The number of carbonyl (C=O) groups excluding carboxylic acids is 2. The van der Waals surface area contributed by atoms with E-state index in [1.54, 1.807) is 38.5 Å². The molecule has 1 heterocycles. The highest BCUT2D eigenvalue weighted by atomic mass is 16.5. The van der Waals surface area contributed by atoms with Crippen molar-refractivity contribution in [2.45, 2.75) is 6.54 Å². The number of amides is 2. The Balaban J connectivity index is 1.68. The summed E-state index contributed by atoms with van der Waals surface area (Å²) >= 11 is 0. The molecule has 0 fully saturated rings. The molecule has 3 rings (SSSR count). The summed E-state index contributed by atoms with van der Waals surface area (Å²) < 4.78 is 10.5. The minimum Gasteiger partial charge on any atom is -0.493 e. The molecule has 2 amide bonds. The van der Waals surface area contributed by atoms with Crippen molar-refractivity contribution in [2.75, 3.05) is 31.4 Å². The molecule has 0 radical (unpaired) electrons. The van der Waals surface area contributed by atoms with E-state index in [0.717, 1.165) is 11.3 Å². The van der Waals surface area contributed by atoms with Crippen molar-refractivity contribution < 1.29 is 19.1 Å². The van der Waals surface area contributed by atoms with Crippen LogP contribution in [0.2, 0.25) is 0 Å². The molecule has 1 aliphatic rings. The summed E-state index contributed by atoms with van der Waals surface area (Å²) in [4.78, 5) is 23.7.